The molecule has 182 valence electrons. The van der Waals surface area contributed by atoms with Crippen LogP contribution < -0.4 is 14.2 Å². The molecule has 8 nitrogen and oxygen atoms in total. The molecule has 0 unspecified atom stereocenters. The summed E-state index contributed by atoms with van der Waals surface area (Å²) < 4.78 is 16.4. The molecule has 2 aromatic carbocycles. The van der Waals surface area contributed by atoms with Crippen molar-refractivity contribution < 1.29 is 28.9 Å². The second-order valence-corrected chi connectivity index (χ2v) is 7.84. The zero-order valence-electron chi connectivity index (χ0n) is 20.3. The van der Waals surface area contributed by atoms with Crippen molar-refractivity contribution in [3.8, 4) is 17.2 Å². The average Bonchev–Trinajstić information content (AvgIpc) is 3.13. The van der Waals surface area contributed by atoms with Crippen molar-refractivity contribution in [3.63, 3.8) is 0 Å². The molecule has 1 heterocycles. The summed E-state index contributed by atoms with van der Waals surface area (Å²) in [5.41, 5.74) is 1.07. The first-order valence-corrected chi connectivity index (χ1v) is 11.3. The van der Waals surface area contributed by atoms with E-state index in [1.54, 1.807) is 36.4 Å². The van der Waals surface area contributed by atoms with Crippen LogP contribution in [0.3, 0.4) is 0 Å². The smallest absolute Gasteiger partial charge is 0.295 e. The Balaban J connectivity index is 2.21. The molecule has 0 saturated carbocycles. The van der Waals surface area contributed by atoms with E-state index >= 15 is 0 Å². The van der Waals surface area contributed by atoms with Crippen LogP contribution in [-0.4, -0.2) is 74.1 Å². The predicted molar refractivity (Wildman–Crippen MR) is 129 cm³/mol. The summed E-state index contributed by atoms with van der Waals surface area (Å²) in [5.74, 6) is -0.403. The number of aliphatic hydroxyl groups is 1. The van der Waals surface area contributed by atoms with Gasteiger partial charge in [-0.3, -0.25) is 9.59 Å². The lowest BCUT2D eigenvalue weighted by atomic mass is 9.94. The number of aliphatic hydroxyl groups excluding tert-OH is 1. The standard InChI is InChI=1S/C26H32N2O6/c1-6-27(7-2)13-14-28-22(18-15-19(32-3)25(34-5)20(16-18)33-4)21(24(30)26(28)31)23(29)17-11-9-8-10-12-17/h8-12,15-16,22,29H,6-7,13-14H2,1-5H3/t22-/m1/s1. The van der Waals surface area contributed by atoms with E-state index in [9.17, 15) is 14.7 Å². The molecule has 0 aromatic heterocycles. The third-order valence-electron chi connectivity index (χ3n) is 6.14. The third kappa shape index (κ3) is 4.72. The lowest BCUT2D eigenvalue weighted by Gasteiger charge is -2.29. The molecule has 1 N–H and O–H groups in total. The Kier molecular flexibility index (Phi) is 8.17. The maximum Gasteiger partial charge on any atom is 0.295 e. The molecule has 34 heavy (non-hydrogen) atoms. The van der Waals surface area contributed by atoms with Crippen LogP contribution in [0.2, 0.25) is 0 Å². The topological polar surface area (TPSA) is 88.5 Å². The van der Waals surface area contributed by atoms with Gasteiger partial charge in [0.15, 0.2) is 11.5 Å². The molecule has 0 spiro atoms. The number of rotatable bonds is 10. The van der Waals surface area contributed by atoms with Crippen molar-refractivity contribution in [1.82, 2.24) is 9.80 Å². The van der Waals surface area contributed by atoms with Crippen molar-refractivity contribution in [2.45, 2.75) is 19.9 Å². The number of Topliss-reactive ketones (excluding diaryl/α,β-unsaturated/α-hetero) is 1. The molecule has 1 fully saturated rings. The van der Waals surface area contributed by atoms with Gasteiger partial charge in [0.1, 0.15) is 5.76 Å². The van der Waals surface area contributed by atoms with Gasteiger partial charge in [-0.1, -0.05) is 44.2 Å². The Bertz CT molecular complexity index is 1040. The molecule has 0 radical (unpaired) electrons. The predicted octanol–water partition coefficient (Wildman–Crippen LogP) is 3.48. The number of hydrogen-bond acceptors (Lipinski definition) is 7. The summed E-state index contributed by atoms with van der Waals surface area (Å²) in [6.45, 7) is 6.64. The van der Waals surface area contributed by atoms with E-state index < -0.39 is 17.7 Å². The number of ether oxygens (including phenoxy) is 3. The lowest BCUT2D eigenvalue weighted by molar-refractivity contribution is -0.140. The molecular weight excluding hydrogens is 436 g/mol. The zero-order chi connectivity index (χ0) is 24.8. The first kappa shape index (κ1) is 25.1. The number of methoxy groups -OCH3 is 3. The van der Waals surface area contributed by atoms with Gasteiger partial charge in [-0.15, -0.1) is 0 Å². The molecule has 1 aliphatic heterocycles. The molecule has 1 atom stereocenters. The molecule has 1 amide bonds. The quantitative estimate of drug-likeness (QED) is 0.324. The highest BCUT2D eigenvalue weighted by Crippen LogP contribution is 2.45. The van der Waals surface area contributed by atoms with Gasteiger partial charge < -0.3 is 29.1 Å². The molecule has 0 bridgehead atoms. The molecule has 8 heteroatoms. The van der Waals surface area contributed by atoms with Crippen LogP contribution in [0.15, 0.2) is 48.0 Å². The van der Waals surface area contributed by atoms with Gasteiger partial charge in [0.25, 0.3) is 11.7 Å². The fourth-order valence-electron chi connectivity index (χ4n) is 4.26. The van der Waals surface area contributed by atoms with Gasteiger partial charge in [-0.2, -0.15) is 0 Å². The first-order chi connectivity index (χ1) is 16.4. The first-order valence-electron chi connectivity index (χ1n) is 11.3. The molecule has 1 aliphatic rings. The largest absolute Gasteiger partial charge is 0.507 e. The van der Waals surface area contributed by atoms with E-state index in [4.69, 9.17) is 14.2 Å². The summed E-state index contributed by atoms with van der Waals surface area (Å²) in [7, 11) is 4.51. The van der Waals surface area contributed by atoms with Crippen LogP contribution in [0.1, 0.15) is 31.0 Å². The third-order valence-corrected chi connectivity index (χ3v) is 6.14. The van der Waals surface area contributed by atoms with E-state index in [2.05, 4.69) is 4.90 Å². The van der Waals surface area contributed by atoms with Crippen LogP contribution in [-0.2, 0) is 9.59 Å². The minimum Gasteiger partial charge on any atom is -0.507 e. The van der Waals surface area contributed by atoms with E-state index in [-0.39, 0.29) is 11.3 Å². The number of carbonyl (C=O) groups is 2. The minimum absolute atomic E-state index is 0.0324. The van der Waals surface area contributed by atoms with Gasteiger partial charge in [0, 0.05) is 18.7 Å². The van der Waals surface area contributed by atoms with E-state index in [1.807, 2.05) is 19.9 Å². The molecule has 0 aliphatic carbocycles. The average molecular weight is 469 g/mol. The maximum absolute atomic E-state index is 13.2. The van der Waals surface area contributed by atoms with Gasteiger partial charge in [-0.25, -0.2) is 0 Å². The highest BCUT2D eigenvalue weighted by molar-refractivity contribution is 6.46. The van der Waals surface area contributed by atoms with Crippen molar-refractivity contribution >= 4 is 17.4 Å². The number of likely N-dealkylation sites (N-methyl/N-ethyl adjacent to an activating group) is 1. The van der Waals surface area contributed by atoms with Crippen molar-refractivity contribution in [2.75, 3.05) is 47.5 Å². The Morgan fingerprint density at radius 3 is 2.06 bits per heavy atom. The summed E-state index contributed by atoms with van der Waals surface area (Å²) in [6, 6.07) is 11.3. The Morgan fingerprint density at radius 2 is 1.56 bits per heavy atom. The summed E-state index contributed by atoms with van der Waals surface area (Å²) >= 11 is 0. The fourth-order valence-corrected chi connectivity index (χ4v) is 4.26. The van der Waals surface area contributed by atoms with E-state index in [0.29, 0.717) is 41.5 Å². The summed E-state index contributed by atoms with van der Waals surface area (Å²) in [6.07, 6.45) is 0. The number of likely N-dealkylation sites (tertiary alicyclic amines) is 1. The summed E-state index contributed by atoms with van der Waals surface area (Å²) in [4.78, 5) is 30.1. The molecule has 2 aromatic rings. The number of carbonyl (C=O) groups excluding carboxylic acids is 2. The van der Waals surface area contributed by atoms with Crippen molar-refractivity contribution in [1.29, 1.82) is 0 Å². The van der Waals surface area contributed by atoms with Crippen LogP contribution >= 0.6 is 0 Å². The number of hydrogen-bond donors (Lipinski definition) is 1. The monoisotopic (exact) mass is 468 g/mol. The van der Waals surface area contributed by atoms with Gasteiger partial charge >= 0.3 is 0 Å². The Labute approximate surface area is 200 Å². The van der Waals surface area contributed by atoms with Gasteiger partial charge in [0.05, 0.1) is 32.9 Å². The number of benzene rings is 2. The van der Waals surface area contributed by atoms with E-state index in [1.165, 1.54) is 26.2 Å². The Morgan fingerprint density at radius 1 is 0.971 bits per heavy atom. The Hall–Kier alpha value is -3.52. The van der Waals surface area contributed by atoms with Crippen molar-refractivity contribution in [3.05, 3.63) is 59.2 Å². The SMILES string of the molecule is CCN(CC)CCN1C(=O)C(=O)C(=C(O)c2ccccc2)[C@H]1c1cc(OC)c(OC)c(OC)c1. The molecule has 3 rings (SSSR count). The minimum atomic E-state index is -0.815. The maximum atomic E-state index is 13.2. The number of ketones is 1. The lowest BCUT2D eigenvalue weighted by Crippen LogP contribution is -2.38. The number of amides is 1. The van der Waals surface area contributed by atoms with Crippen LogP contribution in [0.4, 0.5) is 0 Å². The zero-order valence-corrected chi connectivity index (χ0v) is 20.3. The van der Waals surface area contributed by atoms with Gasteiger partial charge in [-0.05, 0) is 30.8 Å². The van der Waals surface area contributed by atoms with Crippen LogP contribution in [0.25, 0.3) is 5.76 Å². The fraction of sp³-hybridized carbons (Fsp3) is 0.385. The molecule has 1 saturated heterocycles. The second kappa shape index (κ2) is 11.1. The van der Waals surface area contributed by atoms with E-state index in [0.717, 1.165) is 13.1 Å². The highest BCUT2D eigenvalue weighted by atomic mass is 16.5. The van der Waals surface area contributed by atoms with Crippen LogP contribution in [0, 0.1) is 0 Å². The summed E-state index contributed by atoms with van der Waals surface area (Å²) in [5, 5.41) is 11.2. The molecular formula is C26H32N2O6. The van der Waals surface area contributed by atoms with Crippen LogP contribution in [0.5, 0.6) is 17.2 Å². The normalized spacial score (nSPS) is 17.4. The van der Waals surface area contributed by atoms with Crippen molar-refractivity contribution in [2.24, 2.45) is 0 Å². The highest BCUT2D eigenvalue weighted by Gasteiger charge is 2.46. The van der Waals surface area contributed by atoms with Gasteiger partial charge in [0.2, 0.25) is 5.75 Å². The number of nitrogens with zero attached hydrogens (tertiary/aromatic N) is 2. The second-order valence-electron chi connectivity index (χ2n) is 7.84.